The van der Waals surface area contributed by atoms with Gasteiger partial charge in [0.05, 0.1) is 20.4 Å². The van der Waals surface area contributed by atoms with Crippen molar-refractivity contribution in [2.45, 2.75) is 39.3 Å². The van der Waals surface area contributed by atoms with Crippen LogP contribution in [0.15, 0.2) is 18.5 Å². The minimum absolute atomic E-state index is 0.185. The maximum absolute atomic E-state index is 5.86. The van der Waals surface area contributed by atoms with Gasteiger partial charge < -0.3 is 25.3 Å². The lowest BCUT2D eigenvalue weighted by Crippen LogP contribution is -2.17. The number of aromatic nitrogens is 3. The lowest BCUT2D eigenvalue weighted by Gasteiger charge is -2.17. The largest absolute Gasteiger partial charge is 0.493 e. The monoisotopic (exact) mass is 347 g/mol. The van der Waals surface area contributed by atoms with E-state index in [1.165, 1.54) is 0 Å². The standard InChI is InChI=1S/C17H25N5O3/c1-5-6-11(2)21-16-14(9-20-17(18)22-16)25-10-12-15(24-4)13(23-3)7-8-19-12/h7-9,11H,5-6,10H2,1-4H3,(H3,18,20,21,22)/t11-/m1/s1. The zero-order chi connectivity index (χ0) is 18.2. The molecule has 25 heavy (non-hydrogen) atoms. The van der Waals surface area contributed by atoms with Crippen molar-refractivity contribution < 1.29 is 14.2 Å². The fourth-order valence-electron chi connectivity index (χ4n) is 2.43. The summed E-state index contributed by atoms with van der Waals surface area (Å²) >= 11 is 0. The summed E-state index contributed by atoms with van der Waals surface area (Å²) in [5.74, 6) is 2.39. The highest BCUT2D eigenvalue weighted by molar-refractivity contribution is 5.52. The minimum atomic E-state index is 0.185. The number of hydrogen-bond acceptors (Lipinski definition) is 8. The molecule has 0 fully saturated rings. The van der Waals surface area contributed by atoms with E-state index in [2.05, 4.69) is 34.1 Å². The van der Waals surface area contributed by atoms with Crippen molar-refractivity contribution in [1.82, 2.24) is 15.0 Å². The predicted octanol–water partition coefficient (Wildman–Crippen LogP) is 2.65. The normalized spacial score (nSPS) is 11.7. The van der Waals surface area contributed by atoms with E-state index < -0.39 is 0 Å². The first-order chi connectivity index (χ1) is 12.1. The molecule has 0 aromatic carbocycles. The first kappa shape index (κ1) is 18.6. The van der Waals surface area contributed by atoms with E-state index in [-0.39, 0.29) is 18.6 Å². The van der Waals surface area contributed by atoms with Crippen LogP contribution in [0, 0.1) is 0 Å². The summed E-state index contributed by atoms with van der Waals surface area (Å²) in [5.41, 5.74) is 6.32. The van der Waals surface area contributed by atoms with E-state index in [0.29, 0.717) is 28.8 Å². The highest BCUT2D eigenvalue weighted by Crippen LogP contribution is 2.31. The van der Waals surface area contributed by atoms with Gasteiger partial charge in [-0.1, -0.05) is 13.3 Å². The number of anilines is 2. The molecule has 2 rings (SSSR count). The molecule has 8 heteroatoms. The molecule has 0 unspecified atom stereocenters. The van der Waals surface area contributed by atoms with Gasteiger partial charge in [-0.25, -0.2) is 4.98 Å². The molecule has 2 aromatic rings. The Morgan fingerprint density at radius 3 is 2.68 bits per heavy atom. The van der Waals surface area contributed by atoms with Crippen LogP contribution >= 0.6 is 0 Å². The van der Waals surface area contributed by atoms with Crippen LogP contribution in [0.5, 0.6) is 17.2 Å². The summed E-state index contributed by atoms with van der Waals surface area (Å²) in [6.45, 7) is 4.40. The van der Waals surface area contributed by atoms with E-state index >= 15 is 0 Å². The Balaban J connectivity index is 2.18. The number of nitrogen functional groups attached to an aromatic ring is 1. The summed E-state index contributed by atoms with van der Waals surface area (Å²) in [5, 5.41) is 3.31. The van der Waals surface area contributed by atoms with Gasteiger partial charge in [0.1, 0.15) is 12.3 Å². The molecule has 0 aliphatic rings. The Morgan fingerprint density at radius 2 is 2.00 bits per heavy atom. The zero-order valence-electron chi connectivity index (χ0n) is 15.1. The molecule has 0 saturated heterocycles. The maximum atomic E-state index is 5.86. The van der Waals surface area contributed by atoms with E-state index in [4.69, 9.17) is 19.9 Å². The quantitative estimate of drug-likeness (QED) is 0.713. The second-order valence-electron chi connectivity index (χ2n) is 5.56. The Hall–Kier alpha value is -2.77. The fraction of sp³-hybridized carbons (Fsp3) is 0.471. The average molecular weight is 347 g/mol. The third-order valence-corrected chi connectivity index (χ3v) is 3.61. The fourth-order valence-corrected chi connectivity index (χ4v) is 2.43. The van der Waals surface area contributed by atoms with E-state index in [1.54, 1.807) is 32.7 Å². The van der Waals surface area contributed by atoms with Crippen LogP contribution in [-0.2, 0) is 6.61 Å². The number of ether oxygens (including phenoxy) is 3. The summed E-state index contributed by atoms with van der Waals surface area (Å²) < 4.78 is 16.5. The van der Waals surface area contributed by atoms with Crippen molar-refractivity contribution in [2.75, 3.05) is 25.3 Å². The van der Waals surface area contributed by atoms with Crippen LogP contribution in [0.3, 0.4) is 0 Å². The van der Waals surface area contributed by atoms with Crippen LogP contribution in [-0.4, -0.2) is 35.2 Å². The second-order valence-corrected chi connectivity index (χ2v) is 5.56. The molecule has 2 heterocycles. The highest BCUT2D eigenvalue weighted by atomic mass is 16.5. The Labute approximate surface area is 147 Å². The first-order valence-electron chi connectivity index (χ1n) is 8.16. The molecule has 0 aliphatic carbocycles. The zero-order valence-corrected chi connectivity index (χ0v) is 15.1. The van der Waals surface area contributed by atoms with E-state index in [9.17, 15) is 0 Å². The van der Waals surface area contributed by atoms with E-state index in [1.807, 2.05) is 0 Å². The van der Waals surface area contributed by atoms with Gasteiger partial charge in [0.2, 0.25) is 5.95 Å². The summed E-state index contributed by atoms with van der Waals surface area (Å²) in [6.07, 6.45) is 5.27. The molecule has 0 radical (unpaired) electrons. The van der Waals surface area contributed by atoms with Gasteiger partial charge >= 0.3 is 0 Å². The number of hydrogen-bond donors (Lipinski definition) is 2. The Kier molecular flexibility index (Phi) is 6.62. The molecule has 3 N–H and O–H groups in total. The van der Waals surface area contributed by atoms with Gasteiger partial charge in [-0.2, -0.15) is 4.98 Å². The first-order valence-corrected chi connectivity index (χ1v) is 8.16. The van der Waals surface area contributed by atoms with Crippen LogP contribution in [0.25, 0.3) is 0 Å². The van der Waals surface area contributed by atoms with Crippen molar-refractivity contribution in [3.05, 3.63) is 24.2 Å². The third kappa shape index (κ3) is 4.85. The molecule has 136 valence electrons. The molecule has 8 nitrogen and oxygen atoms in total. The van der Waals surface area contributed by atoms with Crippen molar-refractivity contribution in [2.24, 2.45) is 0 Å². The summed E-state index contributed by atoms with van der Waals surface area (Å²) in [4.78, 5) is 12.5. The highest BCUT2D eigenvalue weighted by Gasteiger charge is 2.15. The van der Waals surface area contributed by atoms with Gasteiger partial charge in [-0.05, 0) is 13.3 Å². The maximum Gasteiger partial charge on any atom is 0.222 e. The number of nitrogens with two attached hydrogens (primary N) is 1. The van der Waals surface area contributed by atoms with Crippen molar-refractivity contribution in [1.29, 1.82) is 0 Å². The molecule has 1 atom stereocenters. The topological polar surface area (TPSA) is 104 Å². The Morgan fingerprint density at radius 1 is 1.20 bits per heavy atom. The number of nitrogens with one attached hydrogen (secondary N) is 1. The van der Waals surface area contributed by atoms with Crippen molar-refractivity contribution in [3.63, 3.8) is 0 Å². The van der Waals surface area contributed by atoms with Gasteiger partial charge in [-0.3, -0.25) is 4.98 Å². The number of nitrogens with zero attached hydrogens (tertiary/aromatic N) is 3. The smallest absolute Gasteiger partial charge is 0.222 e. The molecular formula is C17H25N5O3. The number of pyridine rings is 1. The predicted molar refractivity (Wildman–Crippen MR) is 96.1 cm³/mol. The van der Waals surface area contributed by atoms with Gasteiger partial charge in [-0.15, -0.1) is 0 Å². The van der Waals surface area contributed by atoms with Gasteiger partial charge in [0.15, 0.2) is 23.1 Å². The summed E-state index contributed by atoms with van der Waals surface area (Å²) in [7, 11) is 3.14. The molecule has 2 aromatic heterocycles. The lowest BCUT2D eigenvalue weighted by atomic mass is 10.2. The van der Waals surface area contributed by atoms with Crippen molar-refractivity contribution >= 4 is 11.8 Å². The number of rotatable bonds is 9. The van der Waals surface area contributed by atoms with Gasteiger partial charge in [0, 0.05) is 18.3 Å². The summed E-state index contributed by atoms with van der Waals surface area (Å²) in [6, 6.07) is 1.97. The van der Waals surface area contributed by atoms with Crippen LogP contribution < -0.4 is 25.3 Å². The molecule has 0 spiro atoms. The molecule has 0 amide bonds. The molecular weight excluding hydrogens is 322 g/mol. The third-order valence-electron chi connectivity index (χ3n) is 3.61. The van der Waals surface area contributed by atoms with Crippen molar-refractivity contribution in [3.8, 4) is 17.2 Å². The average Bonchev–Trinajstić information content (AvgIpc) is 2.60. The lowest BCUT2D eigenvalue weighted by molar-refractivity contribution is 0.284. The van der Waals surface area contributed by atoms with E-state index in [0.717, 1.165) is 12.8 Å². The second kappa shape index (κ2) is 8.91. The molecule has 0 saturated carbocycles. The molecule has 0 bridgehead atoms. The molecule has 0 aliphatic heterocycles. The van der Waals surface area contributed by atoms with Gasteiger partial charge in [0.25, 0.3) is 0 Å². The Bertz CT molecular complexity index is 696. The minimum Gasteiger partial charge on any atom is -0.493 e. The van der Waals surface area contributed by atoms with Crippen LogP contribution in [0.4, 0.5) is 11.8 Å². The van der Waals surface area contributed by atoms with Crippen LogP contribution in [0.1, 0.15) is 32.4 Å². The number of methoxy groups -OCH3 is 2. The SMILES string of the molecule is CCC[C@@H](C)Nc1nc(N)ncc1OCc1nccc(OC)c1OC. The van der Waals surface area contributed by atoms with Crippen LogP contribution in [0.2, 0.25) is 0 Å².